The van der Waals surface area contributed by atoms with Crippen LogP contribution in [0.3, 0.4) is 0 Å². The van der Waals surface area contributed by atoms with Crippen LogP contribution in [0.5, 0.6) is 0 Å². The molecule has 0 spiro atoms. The molecule has 2 nitrogen and oxygen atoms in total. The molecule has 0 fully saturated rings. The molecule has 0 aliphatic heterocycles. The van der Waals surface area contributed by atoms with Gasteiger partial charge < -0.3 is 9.73 Å². The van der Waals surface area contributed by atoms with Crippen molar-refractivity contribution in [1.29, 1.82) is 0 Å². The van der Waals surface area contributed by atoms with Gasteiger partial charge in [0.2, 0.25) is 0 Å². The summed E-state index contributed by atoms with van der Waals surface area (Å²) in [6, 6.07) is 3.09. The van der Waals surface area contributed by atoms with Crippen LogP contribution in [0, 0.1) is 0 Å². The predicted molar refractivity (Wildman–Crippen MR) is 68.5 cm³/mol. The zero-order chi connectivity index (χ0) is 11.8. The molecule has 0 saturated carbocycles. The first-order valence-corrected chi connectivity index (χ1v) is 6.56. The molecule has 0 amide bonds. The summed E-state index contributed by atoms with van der Waals surface area (Å²) in [5.41, 5.74) is 1.25. The van der Waals surface area contributed by atoms with Gasteiger partial charge in [0.05, 0.1) is 12.5 Å². The van der Waals surface area contributed by atoms with E-state index < -0.39 is 0 Å². The molecule has 0 aliphatic rings. The van der Waals surface area contributed by atoms with Crippen molar-refractivity contribution in [2.45, 2.75) is 65.0 Å². The summed E-state index contributed by atoms with van der Waals surface area (Å²) in [6.07, 6.45) is 9.97. The van der Waals surface area contributed by atoms with E-state index in [-0.39, 0.29) is 0 Å². The number of hydrogen-bond donors (Lipinski definition) is 1. The van der Waals surface area contributed by atoms with Gasteiger partial charge in [0.25, 0.3) is 0 Å². The molecule has 1 aromatic rings. The second-order valence-corrected chi connectivity index (χ2v) is 4.57. The standard InChI is InChI=1S/C14H25NO/c1-4-6-8-14(7-5-2)15-12(3)13-9-10-16-11-13/h9-12,14-15H,4-8H2,1-3H3. The van der Waals surface area contributed by atoms with E-state index in [2.05, 4.69) is 26.1 Å². The van der Waals surface area contributed by atoms with Crippen molar-refractivity contribution >= 4 is 0 Å². The highest BCUT2D eigenvalue weighted by atomic mass is 16.3. The Morgan fingerprint density at radius 1 is 1.25 bits per heavy atom. The van der Waals surface area contributed by atoms with Crippen LogP contribution in [0.2, 0.25) is 0 Å². The Balaban J connectivity index is 2.40. The average Bonchev–Trinajstić information content (AvgIpc) is 2.79. The van der Waals surface area contributed by atoms with Gasteiger partial charge in [-0.2, -0.15) is 0 Å². The summed E-state index contributed by atoms with van der Waals surface area (Å²) in [4.78, 5) is 0. The second kappa shape index (κ2) is 7.50. The Hall–Kier alpha value is -0.760. The third-order valence-corrected chi connectivity index (χ3v) is 3.07. The highest BCUT2D eigenvalue weighted by molar-refractivity contribution is 5.10. The quantitative estimate of drug-likeness (QED) is 0.711. The molecule has 2 heteroatoms. The van der Waals surface area contributed by atoms with Crippen molar-refractivity contribution in [3.05, 3.63) is 24.2 Å². The van der Waals surface area contributed by atoms with E-state index in [1.165, 1.54) is 37.7 Å². The number of hydrogen-bond acceptors (Lipinski definition) is 2. The SMILES string of the molecule is CCCCC(CCC)NC(C)c1ccoc1. The molecule has 1 aromatic heterocycles. The first-order chi connectivity index (χ1) is 7.77. The van der Waals surface area contributed by atoms with E-state index in [0.717, 1.165) is 0 Å². The van der Waals surface area contributed by atoms with Crippen molar-refractivity contribution in [2.24, 2.45) is 0 Å². The molecule has 0 aromatic carbocycles. The van der Waals surface area contributed by atoms with Gasteiger partial charge in [-0.3, -0.25) is 0 Å². The molecule has 1 rings (SSSR count). The largest absolute Gasteiger partial charge is 0.472 e. The molecule has 2 unspecified atom stereocenters. The Kier molecular flexibility index (Phi) is 6.24. The van der Waals surface area contributed by atoms with Crippen LogP contribution in [0.15, 0.2) is 23.0 Å². The van der Waals surface area contributed by atoms with Crippen LogP contribution < -0.4 is 5.32 Å². The average molecular weight is 223 g/mol. The highest BCUT2D eigenvalue weighted by Gasteiger charge is 2.12. The lowest BCUT2D eigenvalue weighted by Crippen LogP contribution is -2.31. The Labute approximate surface area is 99.4 Å². The maximum Gasteiger partial charge on any atom is 0.0950 e. The molecule has 0 saturated heterocycles. The third-order valence-electron chi connectivity index (χ3n) is 3.07. The molecular formula is C14H25NO. The van der Waals surface area contributed by atoms with Gasteiger partial charge in [0.15, 0.2) is 0 Å². The smallest absolute Gasteiger partial charge is 0.0950 e. The second-order valence-electron chi connectivity index (χ2n) is 4.57. The monoisotopic (exact) mass is 223 g/mol. The van der Waals surface area contributed by atoms with E-state index in [0.29, 0.717) is 12.1 Å². The summed E-state index contributed by atoms with van der Waals surface area (Å²) >= 11 is 0. The molecule has 1 heterocycles. The maximum atomic E-state index is 5.12. The molecule has 2 atom stereocenters. The summed E-state index contributed by atoms with van der Waals surface area (Å²) in [5, 5.41) is 3.70. The van der Waals surface area contributed by atoms with Crippen molar-refractivity contribution in [2.75, 3.05) is 0 Å². The van der Waals surface area contributed by atoms with Gasteiger partial charge in [0, 0.05) is 17.6 Å². The molecular weight excluding hydrogens is 198 g/mol. The van der Waals surface area contributed by atoms with E-state index in [4.69, 9.17) is 4.42 Å². The summed E-state index contributed by atoms with van der Waals surface area (Å²) < 4.78 is 5.12. The van der Waals surface area contributed by atoms with Gasteiger partial charge in [-0.25, -0.2) is 0 Å². The fourth-order valence-corrected chi connectivity index (χ4v) is 2.08. The minimum absolute atomic E-state index is 0.396. The molecule has 0 radical (unpaired) electrons. The zero-order valence-corrected chi connectivity index (χ0v) is 10.8. The molecule has 1 N–H and O–H groups in total. The fraction of sp³-hybridized carbons (Fsp3) is 0.714. The van der Waals surface area contributed by atoms with Crippen molar-refractivity contribution in [3.8, 4) is 0 Å². The van der Waals surface area contributed by atoms with E-state index in [1.54, 1.807) is 6.26 Å². The summed E-state index contributed by atoms with van der Waals surface area (Å²) in [5.74, 6) is 0. The topological polar surface area (TPSA) is 25.2 Å². The van der Waals surface area contributed by atoms with Gasteiger partial charge >= 0.3 is 0 Å². The number of furan rings is 1. The van der Waals surface area contributed by atoms with Crippen LogP contribution in [-0.2, 0) is 0 Å². The summed E-state index contributed by atoms with van der Waals surface area (Å²) in [6.45, 7) is 6.71. The lowest BCUT2D eigenvalue weighted by Gasteiger charge is -2.22. The first kappa shape index (κ1) is 13.3. The van der Waals surface area contributed by atoms with Crippen LogP contribution in [0.4, 0.5) is 0 Å². The number of nitrogens with one attached hydrogen (secondary N) is 1. The van der Waals surface area contributed by atoms with E-state index >= 15 is 0 Å². The predicted octanol–water partition coefficient (Wildman–Crippen LogP) is 4.29. The van der Waals surface area contributed by atoms with Crippen LogP contribution in [0.1, 0.15) is 64.5 Å². The number of unbranched alkanes of at least 4 members (excludes halogenated alkanes) is 1. The van der Waals surface area contributed by atoms with Crippen molar-refractivity contribution in [3.63, 3.8) is 0 Å². The summed E-state index contributed by atoms with van der Waals surface area (Å²) in [7, 11) is 0. The third kappa shape index (κ3) is 4.40. The van der Waals surface area contributed by atoms with Crippen molar-refractivity contribution in [1.82, 2.24) is 5.32 Å². The van der Waals surface area contributed by atoms with Gasteiger partial charge in [0.1, 0.15) is 0 Å². The van der Waals surface area contributed by atoms with E-state index in [9.17, 15) is 0 Å². The highest BCUT2D eigenvalue weighted by Crippen LogP contribution is 2.16. The Morgan fingerprint density at radius 2 is 2.06 bits per heavy atom. The van der Waals surface area contributed by atoms with Gasteiger partial charge in [-0.15, -0.1) is 0 Å². The molecule has 0 bridgehead atoms. The normalized spacial score (nSPS) is 14.9. The molecule has 92 valence electrons. The first-order valence-electron chi connectivity index (χ1n) is 6.56. The van der Waals surface area contributed by atoms with Crippen LogP contribution >= 0.6 is 0 Å². The Bertz CT molecular complexity index is 256. The molecule has 0 aliphatic carbocycles. The van der Waals surface area contributed by atoms with Crippen LogP contribution in [-0.4, -0.2) is 6.04 Å². The van der Waals surface area contributed by atoms with Gasteiger partial charge in [-0.1, -0.05) is 33.1 Å². The minimum Gasteiger partial charge on any atom is -0.472 e. The van der Waals surface area contributed by atoms with Crippen molar-refractivity contribution < 1.29 is 4.42 Å². The zero-order valence-electron chi connectivity index (χ0n) is 10.8. The van der Waals surface area contributed by atoms with E-state index in [1.807, 2.05) is 12.3 Å². The lowest BCUT2D eigenvalue weighted by molar-refractivity contribution is 0.394. The van der Waals surface area contributed by atoms with Crippen LogP contribution in [0.25, 0.3) is 0 Å². The number of rotatable bonds is 8. The maximum absolute atomic E-state index is 5.12. The lowest BCUT2D eigenvalue weighted by atomic mass is 10.0. The minimum atomic E-state index is 0.396. The fourth-order valence-electron chi connectivity index (χ4n) is 2.08. The Morgan fingerprint density at radius 3 is 2.62 bits per heavy atom. The van der Waals surface area contributed by atoms with Gasteiger partial charge in [-0.05, 0) is 25.8 Å². The molecule has 16 heavy (non-hydrogen) atoms.